The van der Waals surface area contributed by atoms with Gasteiger partial charge >= 0.3 is 6.18 Å². The molecule has 0 spiro atoms. The summed E-state index contributed by atoms with van der Waals surface area (Å²) in [5, 5.41) is 18.5. The van der Waals surface area contributed by atoms with Gasteiger partial charge in [-0.3, -0.25) is 14.9 Å². The highest BCUT2D eigenvalue weighted by Gasteiger charge is 2.35. The highest BCUT2D eigenvalue weighted by Crippen LogP contribution is 2.37. The van der Waals surface area contributed by atoms with E-state index < -0.39 is 22.4 Å². The van der Waals surface area contributed by atoms with Crippen LogP contribution >= 0.6 is 0 Å². The van der Waals surface area contributed by atoms with Crippen molar-refractivity contribution in [3.63, 3.8) is 0 Å². The van der Waals surface area contributed by atoms with Gasteiger partial charge < -0.3 is 10.2 Å². The predicted molar refractivity (Wildman–Crippen MR) is 115 cm³/mol. The van der Waals surface area contributed by atoms with E-state index in [2.05, 4.69) is 10.4 Å². The molecule has 0 aliphatic carbocycles. The van der Waals surface area contributed by atoms with Crippen molar-refractivity contribution < 1.29 is 22.9 Å². The Morgan fingerprint density at radius 3 is 2.42 bits per heavy atom. The van der Waals surface area contributed by atoms with Crippen LogP contribution in [0.2, 0.25) is 0 Å². The third-order valence-corrected chi connectivity index (χ3v) is 5.57. The first-order chi connectivity index (χ1) is 15.7. The van der Waals surface area contributed by atoms with Gasteiger partial charge in [0.25, 0.3) is 5.69 Å². The fraction of sp³-hybridized carbons (Fsp3) is 0.273. The first-order valence-electron chi connectivity index (χ1n) is 10.2. The van der Waals surface area contributed by atoms with Gasteiger partial charge in [0.2, 0.25) is 5.91 Å². The topological polar surface area (TPSA) is 93.3 Å². The van der Waals surface area contributed by atoms with Gasteiger partial charge in [-0.1, -0.05) is 18.2 Å². The summed E-state index contributed by atoms with van der Waals surface area (Å²) >= 11 is 0. The van der Waals surface area contributed by atoms with Crippen LogP contribution in [0.5, 0.6) is 0 Å². The number of para-hydroxylation sites is 1. The zero-order chi connectivity index (χ0) is 23.6. The zero-order valence-electron chi connectivity index (χ0n) is 17.3. The molecule has 172 valence electrons. The average molecular weight is 459 g/mol. The number of piperidine rings is 1. The van der Waals surface area contributed by atoms with Gasteiger partial charge in [0.05, 0.1) is 16.2 Å². The number of aromatic nitrogens is 2. The molecule has 1 fully saturated rings. The summed E-state index contributed by atoms with van der Waals surface area (Å²) in [4.78, 5) is 24.9. The number of benzene rings is 2. The van der Waals surface area contributed by atoms with Crippen molar-refractivity contribution in [1.82, 2.24) is 9.78 Å². The number of carbonyl (C=O) groups excluding carboxylic acids is 1. The number of carbonyl (C=O) groups is 1. The Balaban J connectivity index is 1.39. The largest absolute Gasteiger partial charge is 0.416 e. The minimum Gasteiger partial charge on any atom is -0.366 e. The summed E-state index contributed by atoms with van der Waals surface area (Å²) in [5.74, 6) is -0.142. The van der Waals surface area contributed by atoms with Crippen molar-refractivity contribution in [3.8, 4) is 5.69 Å². The number of nitro benzene ring substituents is 1. The summed E-state index contributed by atoms with van der Waals surface area (Å²) in [6, 6.07) is 13.6. The van der Waals surface area contributed by atoms with Crippen molar-refractivity contribution in [1.29, 1.82) is 0 Å². The molecule has 0 bridgehead atoms. The highest BCUT2D eigenvalue weighted by molar-refractivity contribution is 5.91. The number of rotatable bonds is 5. The van der Waals surface area contributed by atoms with E-state index in [1.165, 1.54) is 0 Å². The number of nitro groups is 1. The van der Waals surface area contributed by atoms with Crippen molar-refractivity contribution in [2.75, 3.05) is 23.3 Å². The third-order valence-electron chi connectivity index (χ3n) is 5.57. The quantitative estimate of drug-likeness (QED) is 0.443. The Bertz CT molecular complexity index is 1160. The second kappa shape index (κ2) is 8.93. The molecule has 33 heavy (non-hydrogen) atoms. The van der Waals surface area contributed by atoms with E-state index in [0.29, 0.717) is 37.8 Å². The van der Waals surface area contributed by atoms with Crippen LogP contribution in [-0.4, -0.2) is 33.7 Å². The number of amides is 1. The second-order valence-electron chi connectivity index (χ2n) is 7.69. The molecule has 0 radical (unpaired) electrons. The van der Waals surface area contributed by atoms with Gasteiger partial charge in [-0.25, -0.2) is 4.68 Å². The molecule has 11 heteroatoms. The SMILES string of the molecule is O=C(Nc1ccn(-c2ccccc2)n1)C1CCN(c2ccc(C(F)(F)F)cc2[N+](=O)[O-])CC1. The van der Waals surface area contributed by atoms with Crippen molar-refractivity contribution in [3.05, 3.63) is 76.5 Å². The monoisotopic (exact) mass is 459 g/mol. The molecule has 1 N–H and O–H groups in total. The van der Waals surface area contributed by atoms with Crippen LogP contribution in [-0.2, 0) is 11.0 Å². The van der Waals surface area contributed by atoms with Crippen molar-refractivity contribution in [2.24, 2.45) is 5.92 Å². The fourth-order valence-corrected chi connectivity index (χ4v) is 3.84. The van der Waals surface area contributed by atoms with Crippen LogP contribution in [0.3, 0.4) is 0 Å². The Hall–Kier alpha value is -3.89. The molecule has 8 nitrogen and oxygen atoms in total. The van der Waals surface area contributed by atoms with Crippen molar-refractivity contribution >= 4 is 23.1 Å². The lowest BCUT2D eigenvalue weighted by Gasteiger charge is -2.32. The van der Waals surface area contributed by atoms with E-state index in [-0.39, 0.29) is 17.5 Å². The number of anilines is 2. The summed E-state index contributed by atoms with van der Waals surface area (Å²) in [6.07, 6.45) is -2.12. The molecule has 0 saturated carbocycles. The van der Waals surface area contributed by atoms with E-state index in [1.807, 2.05) is 30.3 Å². The van der Waals surface area contributed by atoms with E-state index in [4.69, 9.17) is 0 Å². The normalized spacial score (nSPS) is 14.8. The van der Waals surface area contributed by atoms with E-state index >= 15 is 0 Å². The number of hydrogen-bond donors (Lipinski definition) is 1. The molecule has 1 aliphatic heterocycles. The maximum Gasteiger partial charge on any atom is 0.416 e. The highest BCUT2D eigenvalue weighted by atomic mass is 19.4. The van der Waals surface area contributed by atoms with Gasteiger partial charge in [0, 0.05) is 37.3 Å². The van der Waals surface area contributed by atoms with Crippen LogP contribution in [0.25, 0.3) is 5.69 Å². The maximum absolute atomic E-state index is 12.9. The number of nitrogens with one attached hydrogen (secondary N) is 1. The zero-order valence-corrected chi connectivity index (χ0v) is 17.3. The van der Waals surface area contributed by atoms with Crippen molar-refractivity contribution in [2.45, 2.75) is 19.0 Å². The molecular formula is C22H20F3N5O3. The molecule has 4 rings (SSSR count). The van der Waals surface area contributed by atoms with Gasteiger partial charge in [0.1, 0.15) is 5.69 Å². The molecule has 1 aromatic heterocycles. The minimum atomic E-state index is -4.66. The maximum atomic E-state index is 12.9. The molecule has 1 saturated heterocycles. The number of hydrogen-bond acceptors (Lipinski definition) is 5. The molecule has 0 atom stereocenters. The lowest BCUT2D eigenvalue weighted by molar-refractivity contribution is -0.384. The van der Waals surface area contributed by atoms with E-state index in [9.17, 15) is 28.1 Å². The molecule has 2 heterocycles. The first kappa shape index (κ1) is 22.3. The van der Waals surface area contributed by atoms with E-state index in [0.717, 1.165) is 17.8 Å². The predicted octanol–water partition coefficient (Wildman–Crippen LogP) is 4.65. The van der Waals surface area contributed by atoms with Crippen LogP contribution in [0, 0.1) is 16.0 Å². The Morgan fingerprint density at radius 2 is 1.79 bits per heavy atom. The number of halogens is 3. The molecule has 1 amide bonds. The van der Waals surface area contributed by atoms with Gasteiger partial charge in [-0.05, 0) is 37.1 Å². The Morgan fingerprint density at radius 1 is 1.09 bits per heavy atom. The number of alkyl halides is 3. The lowest BCUT2D eigenvalue weighted by Crippen LogP contribution is -2.38. The van der Waals surface area contributed by atoms with Gasteiger partial charge in [-0.2, -0.15) is 18.3 Å². The van der Waals surface area contributed by atoms with Crippen LogP contribution in [0.1, 0.15) is 18.4 Å². The van der Waals surface area contributed by atoms with Crippen LogP contribution < -0.4 is 10.2 Å². The summed E-state index contributed by atoms with van der Waals surface area (Å²) in [5.41, 5.74) is -0.695. The average Bonchev–Trinajstić information content (AvgIpc) is 3.27. The van der Waals surface area contributed by atoms with Gasteiger partial charge in [0.15, 0.2) is 5.82 Å². The molecule has 3 aromatic rings. The third kappa shape index (κ3) is 4.97. The van der Waals surface area contributed by atoms with Crippen LogP contribution in [0.4, 0.5) is 30.4 Å². The van der Waals surface area contributed by atoms with Crippen LogP contribution in [0.15, 0.2) is 60.8 Å². The molecule has 0 unspecified atom stereocenters. The first-order valence-corrected chi connectivity index (χ1v) is 10.2. The summed E-state index contributed by atoms with van der Waals surface area (Å²) < 4.78 is 40.4. The molecular weight excluding hydrogens is 439 g/mol. The molecule has 2 aromatic carbocycles. The Kier molecular flexibility index (Phi) is 6.03. The summed E-state index contributed by atoms with van der Waals surface area (Å²) in [6.45, 7) is 0.617. The lowest BCUT2D eigenvalue weighted by atomic mass is 9.95. The van der Waals surface area contributed by atoms with E-state index in [1.54, 1.807) is 21.8 Å². The Labute approximate surface area is 186 Å². The standard InChI is InChI=1S/C22H20F3N5O3/c23-22(24,25)16-6-7-18(19(14-16)30(32)33)28-11-8-15(9-12-28)21(31)26-20-10-13-29(27-20)17-4-2-1-3-5-17/h1-7,10,13-15H,8-9,11-12H2,(H,26,27,31). The smallest absolute Gasteiger partial charge is 0.366 e. The fourth-order valence-electron chi connectivity index (χ4n) is 3.84. The second-order valence-corrected chi connectivity index (χ2v) is 7.69. The molecule has 1 aliphatic rings. The van der Waals surface area contributed by atoms with Gasteiger partial charge in [-0.15, -0.1) is 0 Å². The summed E-state index contributed by atoms with van der Waals surface area (Å²) in [7, 11) is 0. The number of nitrogens with zero attached hydrogens (tertiary/aromatic N) is 4. The minimum absolute atomic E-state index is 0.119.